The Balaban J connectivity index is 1.59. The van der Waals surface area contributed by atoms with Crippen LogP contribution in [0.3, 0.4) is 0 Å². The van der Waals surface area contributed by atoms with E-state index in [-0.39, 0.29) is 17.9 Å². The van der Waals surface area contributed by atoms with Gasteiger partial charge in [-0.25, -0.2) is 9.97 Å². The molecule has 1 aromatic carbocycles. The fraction of sp³-hybridized carbons (Fsp3) is 0.368. The lowest BCUT2D eigenvalue weighted by Gasteiger charge is -2.35. The molecule has 0 bridgehead atoms. The molecule has 0 spiro atoms. The molecule has 1 fully saturated rings. The van der Waals surface area contributed by atoms with Crippen molar-refractivity contribution < 1.29 is 14.3 Å². The highest BCUT2D eigenvalue weighted by Gasteiger charge is 2.28. The van der Waals surface area contributed by atoms with Crippen LogP contribution in [-0.2, 0) is 11.2 Å². The second-order valence-electron chi connectivity index (χ2n) is 6.57. The molecule has 1 aliphatic heterocycles. The number of carbonyl (C=O) groups excluding carboxylic acids is 2. The van der Waals surface area contributed by atoms with Crippen molar-refractivity contribution in [2.45, 2.75) is 25.3 Å². The Morgan fingerprint density at radius 1 is 1.33 bits per heavy atom. The quantitative estimate of drug-likeness (QED) is 0.761. The average Bonchev–Trinajstić information content (AvgIpc) is 2.71. The van der Waals surface area contributed by atoms with Gasteiger partial charge in [-0.15, -0.1) is 0 Å². The number of hydrogen-bond donors (Lipinski definition) is 1. The Morgan fingerprint density at radius 3 is 2.70 bits per heavy atom. The van der Waals surface area contributed by atoms with Crippen LogP contribution >= 0.6 is 11.6 Å². The van der Waals surface area contributed by atoms with E-state index in [0.717, 1.165) is 18.4 Å². The summed E-state index contributed by atoms with van der Waals surface area (Å²) >= 11 is 6.11. The first kappa shape index (κ1) is 19.3. The minimum absolute atomic E-state index is 0.0564. The van der Waals surface area contributed by atoms with Crippen LogP contribution in [0.25, 0.3) is 0 Å². The van der Waals surface area contributed by atoms with Crippen molar-refractivity contribution in [1.82, 2.24) is 14.9 Å². The lowest BCUT2D eigenvalue weighted by Crippen LogP contribution is -2.44. The largest absolute Gasteiger partial charge is 0.427 e. The van der Waals surface area contributed by atoms with E-state index >= 15 is 0 Å². The molecule has 1 aromatic heterocycles. The van der Waals surface area contributed by atoms with Gasteiger partial charge in [-0.2, -0.15) is 0 Å². The molecule has 1 amide bonds. The Morgan fingerprint density at radius 2 is 2.04 bits per heavy atom. The van der Waals surface area contributed by atoms with Crippen molar-refractivity contribution in [3.05, 3.63) is 53.1 Å². The predicted octanol–water partition coefficient (Wildman–Crippen LogP) is 2.09. The molecule has 3 rings (SSSR count). The summed E-state index contributed by atoms with van der Waals surface area (Å²) in [5.41, 5.74) is 7.72. The van der Waals surface area contributed by atoms with Gasteiger partial charge in [-0.05, 0) is 36.8 Å². The SMILES string of the molecule is NC(Cc1cccc(Cl)c1OC=O)C1CCN(C(=O)c2cncnc2)CC1. The summed E-state index contributed by atoms with van der Waals surface area (Å²) in [7, 11) is 0. The summed E-state index contributed by atoms with van der Waals surface area (Å²) in [6.07, 6.45) is 6.63. The van der Waals surface area contributed by atoms with Gasteiger partial charge in [0.05, 0.1) is 10.6 Å². The second-order valence-corrected chi connectivity index (χ2v) is 6.97. The average molecular weight is 389 g/mol. The van der Waals surface area contributed by atoms with Gasteiger partial charge in [0, 0.05) is 31.5 Å². The fourth-order valence-electron chi connectivity index (χ4n) is 3.44. The third kappa shape index (κ3) is 4.61. The van der Waals surface area contributed by atoms with E-state index < -0.39 is 0 Å². The number of rotatable bonds is 6. The molecular formula is C19H21ClN4O3. The third-order valence-electron chi connectivity index (χ3n) is 4.91. The molecule has 27 heavy (non-hydrogen) atoms. The van der Waals surface area contributed by atoms with Crippen LogP contribution in [0, 0.1) is 5.92 Å². The topological polar surface area (TPSA) is 98.4 Å². The first-order valence-electron chi connectivity index (χ1n) is 8.77. The van der Waals surface area contributed by atoms with Crippen molar-refractivity contribution in [2.75, 3.05) is 13.1 Å². The van der Waals surface area contributed by atoms with Gasteiger partial charge < -0.3 is 15.4 Å². The highest BCUT2D eigenvalue weighted by molar-refractivity contribution is 6.32. The molecule has 0 aliphatic carbocycles. The van der Waals surface area contributed by atoms with E-state index in [1.165, 1.54) is 18.7 Å². The molecule has 1 aliphatic rings. The second kappa shape index (κ2) is 8.92. The van der Waals surface area contributed by atoms with E-state index in [4.69, 9.17) is 22.1 Å². The summed E-state index contributed by atoms with van der Waals surface area (Å²) in [5.74, 6) is 0.574. The van der Waals surface area contributed by atoms with Crippen LogP contribution in [0.15, 0.2) is 36.9 Å². The number of likely N-dealkylation sites (tertiary alicyclic amines) is 1. The smallest absolute Gasteiger partial charge is 0.298 e. The molecule has 1 unspecified atom stereocenters. The number of ether oxygens (including phenoxy) is 1. The van der Waals surface area contributed by atoms with E-state index in [0.29, 0.717) is 42.3 Å². The molecule has 8 heteroatoms. The Kier molecular flexibility index (Phi) is 6.36. The van der Waals surface area contributed by atoms with Gasteiger partial charge in [-0.3, -0.25) is 9.59 Å². The van der Waals surface area contributed by atoms with Crippen LogP contribution in [0.1, 0.15) is 28.8 Å². The zero-order valence-corrected chi connectivity index (χ0v) is 15.5. The number of piperidine rings is 1. The number of nitrogens with zero attached hydrogens (tertiary/aromatic N) is 3. The van der Waals surface area contributed by atoms with Gasteiger partial charge >= 0.3 is 0 Å². The summed E-state index contributed by atoms with van der Waals surface area (Å²) in [5, 5.41) is 0.386. The molecule has 2 heterocycles. The minimum Gasteiger partial charge on any atom is -0.427 e. The van der Waals surface area contributed by atoms with Crippen molar-refractivity contribution in [2.24, 2.45) is 11.7 Å². The van der Waals surface area contributed by atoms with Gasteiger partial charge in [0.1, 0.15) is 6.33 Å². The maximum Gasteiger partial charge on any atom is 0.298 e. The number of halogens is 1. The zero-order chi connectivity index (χ0) is 19.2. The van der Waals surface area contributed by atoms with Gasteiger partial charge in [0.15, 0.2) is 5.75 Å². The molecule has 142 valence electrons. The highest BCUT2D eigenvalue weighted by atomic mass is 35.5. The lowest BCUT2D eigenvalue weighted by atomic mass is 9.86. The molecular weight excluding hydrogens is 368 g/mol. The van der Waals surface area contributed by atoms with E-state index in [1.54, 1.807) is 6.07 Å². The number of aromatic nitrogens is 2. The standard InChI is InChI=1S/C19H21ClN4O3/c20-16-3-1-2-14(18(16)27-12-25)8-17(21)13-4-6-24(7-5-13)19(26)15-9-22-11-23-10-15/h1-3,9-13,17H,4-8,21H2. The van der Waals surface area contributed by atoms with E-state index in [2.05, 4.69) is 9.97 Å². The zero-order valence-electron chi connectivity index (χ0n) is 14.8. The number of nitrogens with two attached hydrogens (primary N) is 1. The first-order chi connectivity index (χ1) is 13.1. The van der Waals surface area contributed by atoms with Crippen LogP contribution in [0.2, 0.25) is 5.02 Å². The maximum atomic E-state index is 12.5. The number of carbonyl (C=O) groups is 2. The van der Waals surface area contributed by atoms with Crippen LogP contribution in [0.4, 0.5) is 0 Å². The first-order valence-corrected chi connectivity index (χ1v) is 9.15. The lowest BCUT2D eigenvalue weighted by molar-refractivity contribution is -0.120. The number of benzene rings is 1. The Bertz CT molecular complexity index is 795. The number of hydrogen-bond acceptors (Lipinski definition) is 6. The van der Waals surface area contributed by atoms with Crippen molar-refractivity contribution in [3.63, 3.8) is 0 Å². The monoisotopic (exact) mass is 388 g/mol. The summed E-state index contributed by atoms with van der Waals surface area (Å²) in [6, 6.07) is 5.23. The Hall–Kier alpha value is -2.51. The molecule has 0 radical (unpaired) electrons. The number of para-hydroxylation sites is 1. The van der Waals surface area contributed by atoms with Gasteiger partial charge in [-0.1, -0.05) is 23.7 Å². The summed E-state index contributed by atoms with van der Waals surface area (Å²) < 4.78 is 5.02. The van der Waals surface area contributed by atoms with Gasteiger partial charge in [0.2, 0.25) is 0 Å². The van der Waals surface area contributed by atoms with Crippen LogP contribution in [0.5, 0.6) is 5.75 Å². The highest BCUT2D eigenvalue weighted by Crippen LogP contribution is 2.31. The molecule has 2 N–H and O–H groups in total. The number of amides is 1. The third-order valence-corrected chi connectivity index (χ3v) is 5.21. The molecule has 2 aromatic rings. The summed E-state index contributed by atoms with van der Waals surface area (Å²) in [6.45, 7) is 1.65. The minimum atomic E-state index is -0.116. The predicted molar refractivity (Wildman–Crippen MR) is 100 cm³/mol. The van der Waals surface area contributed by atoms with Gasteiger partial charge in [0.25, 0.3) is 12.4 Å². The Labute approximate surface area is 162 Å². The normalized spacial score (nSPS) is 16.0. The van der Waals surface area contributed by atoms with Crippen LogP contribution in [-0.4, -0.2) is 46.4 Å². The maximum absolute atomic E-state index is 12.5. The molecule has 1 saturated heterocycles. The van der Waals surface area contributed by atoms with E-state index in [1.807, 2.05) is 17.0 Å². The van der Waals surface area contributed by atoms with Crippen molar-refractivity contribution in [1.29, 1.82) is 0 Å². The van der Waals surface area contributed by atoms with Crippen molar-refractivity contribution in [3.8, 4) is 5.75 Å². The van der Waals surface area contributed by atoms with E-state index in [9.17, 15) is 9.59 Å². The molecule has 0 saturated carbocycles. The van der Waals surface area contributed by atoms with Crippen LogP contribution < -0.4 is 10.5 Å². The summed E-state index contributed by atoms with van der Waals surface area (Å²) in [4.78, 5) is 32.8. The molecule has 7 nitrogen and oxygen atoms in total. The van der Waals surface area contributed by atoms with Crippen molar-refractivity contribution >= 4 is 24.0 Å². The fourth-order valence-corrected chi connectivity index (χ4v) is 3.68. The molecule has 1 atom stereocenters.